The van der Waals surface area contributed by atoms with Crippen LogP contribution in [0.2, 0.25) is 0 Å². The molecule has 2 aliphatic carbocycles. The Morgan fingerprint density at radius 2 is 1.62 bits per heavy atom. The van der Waals surface area contributed by atoms with Crippen LogP contribution in [0.4, 0.5) is 20.2 Å². The van der Waals surface area contributed by atoms with Gasteiger partial charge in [0.05, 0.1) is 5.69 Å². The van der Waals surface area contributed by atoms with Gasteiger partial charge in [-0.2, -0.15) is 0 Å². The normalized spacial score (nSPS) is 21.4. The molecular weight excluding hydrogens is 374 g/mol. The van der Waals surface area contributed by atoms with E-state index in [9.17, 15) is 18.4 Å². The van der Waals surface area contributed by atoms with Gasteiger partial charge in [-0.25, -0.2) is 8.78 Å². The highest BCUT2D eigenvalue weighted by Gasteiger charge is 2.45. The van der Waals surface area contributed by atoms with Gasteiger partial charge >= 0.3 is 0 Å². The Labute approximate surface area is 168 Å². The third kappa shape index (κ3) is 4.47. The van der Waals surface area contributed by atoms with E-state index >= 15 is 0 Å². The van der Waals surface area contributed by atoms with Crippen molar-refractivity contribution in [2.24, 2.45) is 11.8 Å². The molecule has 2 unspecified atom stereocenters. The van der Waals surface area contributed by atoms with Gasteiger partial charge in [-0.05, 0) is 55.0 Å². The van der Waals surface area contributed by atoms with Crippen molar-refractivity contribution in [1.29, 1.82) is 0 Å². The van der Waals surface area contributed by atoms with E-state index in [-0.39, 0.29) is 41.1 Å². The number of halogens is 2. The van der Waals surface area contributed by atoms with Crippen molar-refractivity contribution in [3.8, 4) is 0 Å². The van der Waals surface area contributed by atoms with Gasteiger partial charge in [0.15, 0.2) is 0 Å². The molecule has 0 aromatic heterocycles. The number of carbonyl (C=O) groups is 2. The minimum atomic E-state index is -0.539. The van der Waals surface area contributed by atoms with Gasteiger partial charge in [0.2, 0.25) is 11.8 Å². The Hall–Kier alpha value is -2.76. The van der Waals surface area contributed by atoms with E-state index in [1.54, 1.807) is 18.2 Å². The fraction of sp³-hybridized carbons (Fsp3) is 0.391. The van der Waals surface area contributed by atoms with Crippen molar-refractivity contribution < 1.29 is 18.4 Å². The van der Waals surface area contributed by atoms with Gasteiger partial charge < -0.3 is 10.6 Å². The van der Waals surface area contributed by atoms with Crippen LogP contribution >= 0.6 is 0 Å². The molecule has 0 bridgehead atoms. The van der Waals surface area contributed by atoms with Gasteiger partial charge in [-0.3, -0.25) is 9.59 Å². The molecule has 2 N–H and O–H groups in total. The number of benzene rings is 2. The molecule has 2 aromatic carbocycles. The molecule has 4 rings (SSSR count). The van der Waals surface area contributed by atoms with Crippen molar-refractivity contribution in [2.45, 2.75) is 44.4 Å². The Balaban J connectivity index is 1.39. The lowest BCUT2D eigenvalue weighted by Crippen LogP contribution is -2.25. The summed E-state index contributed by atoms with van der Waals surface area (Å²) in [5, 5.41) is 5.43. The molecule has 2 aromatic rings. The Morgan fingerprint density at radius 1 is 0.862 bits per heavy atom. The summed E-state index contributed by atoms with van der Waals surface area (Å²) < 4.78 is 28.1. The zero-order valence-corrected chi connectivity index (χ0v) is 16.1. The van der Waals surface area contributed by atoms with Gasteiger partial charge in [0.25, 0.3) is 0 Å². The molecule has 29 heavy (non-hydrogen) atoms. The predicted octanol–water partition coefficient (Wildman–Crippen LogP) is 5.23. The second-order valence-corrected chi connectivity index (χ2v) is 7.98. The highest BCUT2D eigenvalue weighted by Crippen LogP contribution is 2.48. The molecule has 2 saturated carbocycles. The van der Waals surface area contributed by atoms with Crippen LogP contribution in [0, 0.1) is 23.5 Å². The van der Waals surface area contributed by atoms with Crippen LogP contribution < -0.4 is 10.6 Å². The van der Waals surface area contributed by atoms with E-state index in [1.165, 1.54) is 24.3 Å². The summed E-state index contributed by atoms with van der Waals surface area (Å²) in [6, 6.07) is 10.6. The number of nitrogens with one attached hydrogen (secondary N) is 2. The fourth-order valence-corrected chi connectivity index (χ4v) is 4.14. The molecule has 2 amide bonds. The molecule has 0 radical (unpaired) electrons. The van der Waals surface area contributed by atoms with Crippen LogP contribution in [0.3, 0.4) is 0 Å². The first-order valence-corrected chi connectivity index (χ1v) is 10.2. The molecule has 0 saturated heterocycles. The van der Waals surface area contributed by atoms with Crippen LogP contribution in [0.15, 0.2) is 42.5 Å². The lowest BCUT2D eigenvalue weighted by molar-refractivity contribution is -0.120. The zero-order valence-electron chi connectivity index (χ0n) is 16.1. The lowest BCUT2D eigenvalue weighted by Gasteiger charge is -2.21. The summed E-state index contributed by atoms with van der Waals surface area (Å²) in [5.41, 5.74) is 1.03. The van der Waals surface area contributed by atoms with Crippen LogP contribution in [0.25, 0.3) is 0 Å². The number of carbonyl (C=O) groups excluding carboxylic acids is 2. The first kappa shape index (κ1) is 19.6. The van der Waals surface area contributed by atoms with Crippen molar-refractivity contribution in [1.82, 2.24) is 0 Å². The molecule has 2 aliphatic rings. The van der Waals surface area contributed by atoms with Crippen molar-refractivity contribution in [3.63, 3.8) is 0 Å². The van der Waals surface area contributed by atoms with Crippen molar-refractivity contribution in [3.05, 3.63) is 59.7 Å². The van der Waals surface area contributed by atoms with E-state index in [1.807, 2.05) is 0 Å². The number of rotatable bonds is 5. The van der Waals surface area contributed by atoms with Gasteiger partial charge in [-0.15, -0.1) is 0 Å². The molecule has 6 heteroatoms. The van der Waals surface area contributed by atoms with E-state index < -0.39 is 5.82 Å². The maximum atomic E-state index is 14.2. The average Bonchev–Trinajstić information content (AvgIpc) is 3.52. The molecule has 152 valence electrons. The lowest BCUT2D eigenvalue weighted by atomic mass is 9.88. The van der Waals surface area contributed by atoms with Crippen LogP contribution in [-0.4, -0.2) is 11.8 Å². The maximum absolute atomic E-state index is 14.2. The summed E-state index contributed by atoms with van der Waals surface area (Å²) >= 11 is 0. The minimum absolute atomic E-state index is 0.0693. The largest absolute Gasteiger partial charge is 0.326 e. The van der Waals surface area contributed by atoms with Crippen molar-refractivity contribution >= 4 is 23.2 Å². The summed E-state index contributed by atoms with van der Waals surface area (Å²) in [5.74, 6) is -1.78. The molecule has 0 heterocycles. The SMILES string of the molecule is O=C(Nc1cc(NC(=O)C2CC2c2ccccc2F)ccc1F)C1CCCCC1. The van der Waals surface area contributed by atoms with Gasteiger partial charge in [-0.1, -0.05) is 37.5 Å². The summed E-state index contributed by atoms with van der Waals surface area (Å²) in [6.07, 6.45) is 5.39. The topological polar surface area (TPSA) is 58.2 Å². The van der Waals surface area contributed by atoms with Crippen LogP contribution in [0.5, 0.6) is 0 Å². The van der Waals surface area contributed by atoms with E-state index in [4.69, 9.17) is 0 Å². The van der Waals surface area contributed by atoms with Crippen LogP contribution in [-0.2, 0) is 9.59 Å². The highest BCUT2D eigenvalue weighted by molar-refractivity contribution is 5.97. The van der Waals surface area contributed by atoms with Crippen LogP contribution in [0.1, 0.15) is 50.0 Å². The third-order valence-corrected chi connectivity index (χ3v) is 5.90. The molecule has 4 nitrogen and oxygen atoms in total. The summed E-state index contributed by atoms with van der Waals surface area (Å²) in [7, 11) is 0. The smallest absolute Gasteiger partial charge is 0.228 e. The molecule has 2 atom stereocenters. The molecular formula is C23H24F2N2O2. The first-order chi connectivity index (χ1) is 14.0. The summed E-state index contributed by atoms with van der Waals surface area (Å²) in [4.78, 5) is 24.9. The zero-order chi connectivity index (χ0) is 20.4. The first-order valence-electron chi connectivity index (χ1n) is 10.2. The minimum Gasteiger partial charge on any atom is -0.326 e. The van der Waals surface area contributed by atoms with E-state index in [0.29, 0.717) is 17.7 Å². The predicted molar refractivity (Wildman–Crippen MR) is 107 cm³/mol. The quantitative estimate of drug-likeness (QED) is 0.725. The average molecular weight is 398 g/mol. The maximum Gasteiger partial charge on any atom is 0.228 e. The Bertz CT molecular complexity index is 925. The Morgan fingerprint density at radius 3 is 2.38 bits per heavy atom. The summed E-state index contributed by atoms with van der Waals surface area (Å²) in [6.45, 7) is 0. The second kappa shape index (κ2) is 8.31. The van der Waals surface area contributed by atoms with Gasteiger partial charge in [0, 0.05) is 17.5 Å². The molecule has 0 spiro atoms. The Kier molecular flexibility index (Phi) is 5.60. The number of hydrogen-bond acceptors (Lipinski definition) is 2. The monoisotopic (exact) mass is 398 g/mol. The third-order valence-electron chi connectivity index (χ3n) is 5.90. The van der Waals surface area contributed by atoms with E-state index in [2.05, 4.69) is 10.6 Å². The number of hydrogen-bond donors (Lipinski definition) is 2. The second-order valence-electron chi connectivity index (χ2n) is 7.98. The van der Waals surface area contributed by atoms with Crippen molar-refractivity contribution in [2.75, 3.05) is 10.6 Å². The molecule has 2 fully saturated rings. The number of amides is 2. The highest BCUT2D eigenvalue weighted by atomic mass is 19.1. The molecule has 0 aliphatic heterocycles. The fourth-order valence-electron chi connectivity index (χ4n) is 4.14. The van der Waals surface area contributed by atoms with E-state index in [0.717, 1.165) is 32.1 Å². The van der Waals surface area contributed by atoms with Gasteiger partial charge in [0.1, 0.15) is 11.6 Å². The number of anilines is 2. The standard InChI is InChI=1S/C23H24F2N2O2/c24-19-9-5-4-8-16(19)17-13-18(17)23(29)26-15-10-11-20(25)21(12-15)27-22(28)14-6-2-1-3-7-14/h4-5,8-12,14,17-18H,1-3,6-7,13H2,(H,26,29)(H,27,28).